The Kier molecular flexibility index (Phi) is 4.62. The first kappa shape index (κ1) is 14.2. The molecule has 1 saturated heterocycles. The van der Waals surface area contributed by atoms with E-state index in [1.165, 1.54) is 19.3 Å². The summed E-state index contributed by atoms with van der Waals surface area (Å²) in [5.41, 5.74) is 2.01. The van der Waals surface area contributed by atoms with E-state index in [0.29, 0.717) is 6.04 Å². The summed E-state index contributed by atoms with van der Waals surface area (Å²) < 4.78 is 0. The van der Waals surface area contributed by atoms with Gasteiger partial charge in [0.1, 0.15) is 0 Å². The Bertz CT molecular complexity index is 545. The zero-order valence-electron chi connectivity index (χ0n) is 12.6. The molecule has 0 bridgehead atoms. The Morgan fingerprint density at radius 3 is 2.90 bits per heavy atom. The normalized spacial score (nSPS) is 19.0. The van der Waals surface area contributed by atoms with Gasteiger partial charge in [-0.1, -0.05) is 24.6 Å². The van der Waals surface area contributed by atoms with Crippen molar-refractivity contribution in [1.82, 2.24) is 25.2 Å². The van der Waals surface area contributed by atoms with Crippen LogP contribution in [0.3, 0.4) is 0 Å². The monoisotopic (exact) mass is 285 g/mol. The van der Waals surface area contributed by atoms with Gasteiger partial charge in [0.05, 0.1) is 17.6 Å². The molecule has 0 amide bonds. The van der Waals surface area contributed by atoms with Gasteiger partial charge in [-0.2, -0.15) is 15.0 Å². The van der Waals surface area contributed by atoms with Gasteiger partial charge in [0.2, 0.25) is 0 Å². The summed E-state index contributed by atoms with van der Waals surface area (Å²) in [5.74, 6) is 0. The fraction of sp³-hybridized carbons (Fsp3) is 0.500. The summed E-state index contributed by atoms with van der Waals surface area (Å²) in [5, 5.41) is 12.5. The highest BCUT2D eigenvalue weighted by molar-refractivity contribution is 5.28. The topological polar surface area (TPSA) is 46.0 Å². The zero-order valence-corrected chi connectivity index (χ0v) is 12.6. The Hall–Kier alpha value is -1.72. The summed E-state index contributed by atoms with van der Waals surface area (Å²) in [6.45, 7) is 3.06. The van der Waals surface area contributed by atoms with Crippen molar-refractivity contribution >= 4 is 0 Å². The van der Waals surface area contributed by atoms with Crippen LogP contribution in [0, 0.1) is 0 Å². The number of benzene rings is 1. The maximum atomic E-state index is 4.56. The van der Waals surface area contributed by atoms with Crippen LogP contribution in [0.2, 0.25) is 0 Å². The largest absolute Gasteiger partial charge is 0.313 e. The van der Waals surface area contributed by atoms with Crippen molar-refractivity contribution in [1.29, 1.82) is 0 Å². The van der Waals surface area contributed by atoms with Crippen LogP contribution in [0.1, 0.15) is 25.0 Å². The number of hydrogen-bond acceptors (Lipinski definition) is 4. The van der Waals surface area contributed by atoms with Gasteiger partial charge in [0.15, 0.2) is 0 Å². The highest BCUT2D eigenvalue weighted by Crippen LogP contribution is 2.10. The summed E-state index contributed by atoms with van der Waals surface area (Å²) in [6, 6.07) is 10.6. The maximum absolute atomic E-state index is 4.56. The SMILES string of the molecule is CN(Cc1cnn(-c2ccccc2)n1)CC1CCCCN1. The second-order valence-electron chi connectivity index (χ2n) is 5.80. The van der Waals surface area contributed by atoms with E-state index in [9.17, 15) is 0 Å². The highest BCUT2D eigenvalue weighted by Gasteiger charge is 2.15. The second-order valence-corrected chi connectivity index (χ2v) is 5.80. The van der Waals surface area contributed by atoms with Crippen molar-refractivity contribution in [2.75, 3.05) is 20.1 Å². The van der Waals surface area contributed by atoms with E-state index in [-0.39, 0.29) is 0 Å². The predicted molar refractivity (Wildman–Crippen MR) is 83.3 cm³/mol. The molecule has 0 radical (unpaired) electrons. The number of aromatic nitrogens is 3. The van der Waals surface area contributed by atoms with Crippen molar-refractivity contribution in [3.8, 4) is 5.69 Å². The van der Waals surface area contributed by atoms with E-state index in [1.54, 1.807) is 4.80 Å². The summed E-state index contributed by atoms with van der Waals surface area (Å²) in [4.78, 5) is 4.02. The lowest BCUT2D eigenvalue weighted by atomic mass is 10.0. The molecule has 0 saturated carbocycles. The lowest BCUT2D eigenvalue weighted by Crippen LogP contribution is -2.42. The molecule has 5 heteroatoms. The van der Waals surface area contributed by atoms with E-state index in [2.05, 4.69) is 27.5 Å². The molecular weight excluding hydrogens is 262 g/mol. The van der Waals surface area contributed by atoms with Gasteiger partial charge in [0, 0.05) is 19.1 Å². The van der Waals surface area contributed by atoms with Crippen LogP contribution in [0.25, 0.3) is 5.69 Å². The lowest BCUT2D eigenvalue weighted by Gasteiger charge is -2.27. The fourth-order valence-corrected chi connectivity index (χ4v) is 2.85. The van der Waals surface area contributed by atoms with Crippen molar-refractivity contribution in [3.63, 3.8) is 0 Å². The van der Waals surface area contributed by atoms with Crippen molar-refractivity contribution in [3.05, 3.63) is 42.2 Å². The number of nitrogens with zero attached hydrogens (tertiary/aromatic N) is 4. The standard InChI is InChI=1S/C16H23N5/c1-20(12-14-7-5-6-10-17-14)13-15-11-18-21(19-15)16-8-3-2-4-9-16/h2-4,8-9,11,14,17H,5-7,10,12-13H2,1H3. The molecule has 21 heavy (non-hydrogen) atoms. The number of rotatable bonds is 5. The molecule has 1 unspecified atom stereocenters. The minimum absolute atomic E-state index is 0.618. The van der Waals surface area contributed by atoms with Gasteiger partial charge in [-0.05, 0) is 38.6 Å². The Labute approximate surface area is 126 Å². The Morgan fingerprint density at radius 2 is 2.14 bits per heavy atom. The molecule has 1 fully saturated rings. The summed E-state index contributed by atoms with van der Waals surface area (Å²) >= 11 is 0. The van der Waals surface area contributed by atoms with Gasteiger partial charge < -0.3 is 5.32 Å². The van der Waals surface area contributed by atoms with Crippen LogP contribution in [0.15, 0.2) is 36.5 Å². The molecule has 1 aromatic carbocycles. The van der Waals surface area contributed by atoms with E-state index < -0.39 is 0 Å². The smallest absolute Gasteiger partial charge is 0.0971 e. The Balaban J connectivity index is 1.56. The Morgan fingerprint density at radius 1 is 1.29 bits per heavy atom. The minimum Gasteiger partial charge on any atom is -0.313 e. The third-order valence-electron chi connectivity index (χ3n) is 3.90. The van der Waals surface area contributed by atoms with Crippen LogP contribution in [0.5, 0.6) is 0 Å². The molecule has 5 nitrogen and oxygen atoms in total. The molecule has 0 spiro atoms. The third kappa shape index (κ3) is 3.89. The molecule has 1 N–H and O–H groups in total. The average molecular weight is 285 g/mol. The molecule has 1 aliphatic rings. The highest BCUT2D eigenvalue weighted by atomic mass is 15.5. The fourth-order valence-electron chi connectivity index (χ4n) is 2.85. The zero-order chi connectivity index (χ0) is 14.5. The van der Waals surface area contributed by atoms with E-state index in [0.717, 1.165) is 31.0 Å². The molecule has 112 valence electrons. The molecule has 2 aromatic rings. The number of piperidine rings is 1. The average Bonchev–Trinajstić information content (AvgIpc) is 2.97. The lowest BCUT2D eigenvalue weighted by molar-refractivity contribution is 0.254. The minimum atomic E-state index is 0.618. The molecular formula is C16H23N5. The molecule has 1 aliphatic heterocycles. The van der Waals surface area contributed by atoms with Crippen molar-refractivity contribution in [2.45, 2.75) is 31.8 Å². The van der Waals surface area contributed by atoms with Crippen LogP contribution in [0.4, 0.5) is 0 Å². The molecule has 3 rings (SSSR count). The first-order valence-corrected chi connectivity index (χ1v) is 7.70. The first-order chi connectivity index (χ1) is 10.3. The van der Waals surface area contributed by atoms with Crippen LogP contribution in [-0.4, -0.2) is 46.1 Å². The van der Waals surface area contributed by atoms with Crippen LogP contribution in [-0.2, 0) is 6.54 Å². The van der Waals surface area contributed by atoms with Gasteiger partial charge in [0.25, 0.3) is 0 Å². The summed E-state index contributed by atoms with van der Waals surface area (Å²) in [7, 11) is 2.15. The number of hydrogen-bond donors (Lipinski definition) is 1. The van der Waals surface area contributed by atoms with Gasteiger partial charge in [-0.15, -0.1) is 0 Å². The van der Waals surface area contributed by atoms with Gasteiger partial charge in [-0.25, -0.2) is 0 Å². The third-order valence-corrected chi connectivity index (χ3v) is 3.90. The predicted octanol–water partition coefficient (Wildman–Crippen LogP) is 1.84. The first-order valence-electron chi connectivity index (χ1n) is 7.70. The van der Waals surface area contributed by atoms with E-state index in [1.807, 2.05) is 36.5 Å². The summed E-state index contributed by atoms with van der Waals surface area (Å²) in [6.07, 6.45) is 5.79. The van der Waals surface area contributed by atoms with E-state index >= 15 is 0 Å². The molecule has 0 aliphatic carbocycles. The molecule has 1 atom stereocenters. The van der Waals surface area contributed by atoms with Crippen LogP contribution < -0.4 is 5.32 Å². The van der Waals surface area contributed by atoms with Crippen molar-refractivity contribution < 1.29 is 0 Å². The van der Waals surface area contributed by atoms with Crippen molar-refractivity contribution in [2.24, 2.45) is 0 Å². The van der Waals surface area contributed by atoms with E-state index in [4.69, 9.17) is 0 Å². The van der Waals surface area contributed by atoms with Gasteiger partial charge in [-0.3, -0.25) is 4.90 Å². The number of para-hydroxylation sites is 1. The number of nitrogens with one attached hydrogen (secondary N) is 1. The maximum Gasteiger partial charge on any atom is 0.0971 e. The quantitative estimate of drug-likeness (QED) is 0.910. The number of likely N-dealkylation sites (N-methyl/N-ethyl adjacent to an activating group) is 1. The second kappa shape index (κ2) is 6.83. The van der Waals surface area contributed by atoms with Crippen LogP contribution >= 0.6 is 0 Å². The molecule has 2 heterocycles. The van der Waals surface area contributed by atoms with Gasteiger partial charge >= 0.3 is 0 Å². The molecule has 1 aromatic heterocycles.